The number of amides is 4. The largest absolute Gasteiger partial charge is 0.444 e. The molecule has 11 heteroatoms. The number of para-hydroxylation sites is 2. The number of urea groups is 1. The second-order valence-corrected chi connectivity index (χ2v) is 12.6. The Morgan fingerprint density at radius 3 is 2.26 bits per heavy atom. The third-order valence-electron chi connectivity index (χ3n) is 7.57. The topological polar surface area (TPSA) is 125 Å². The zero-order valence-electron chi connectivity index (χ0n) is 27.8. The lowest BCUT2D eigenvalue weighted by Crippen LogP contribution is -2.41. The fraction of sp³-hybridized carbons (Fsp3) is 0.444. The van der Waals surface area contributed by atoms with Gasteiger partial charge in [-0.05, 0) is 75.9 Å². The summed E-state index contributed by atoms with van der Waals surface area (Å²) < 4.78 is 10.8. The van der Waals surface area contributed by atoms with Crippen molar-refractivity contribution in [1.29, 1.82) is 0 Å². The molecule has 0 atom stereocenters. The molecule has 0 radical (unpaired) electrons. The van der Waals surface area contributed by atoms with E-state index in [0.717, 1.165) is 64.1 Å². The molecule has 2 aromatic carbocycles. The minimum Gasteiger partial charge on any atom is -0.444 e. The summed E-state index contributed by atoms with van der Waals surface area (Å²) in [5.41, 5.74) is 2.37. The molecule has 2 heterocycles. The van der Waals surface area contributed by atoms with E-state index in [4.69, 9.17) is 9.47 Å². The molecular weight excluding hydrogens is 596 g/mol. The van der Waals surface area contributed by atoms with Gasteiger partial charge in [-0.1, -0.05) is 55.0 Å². The molecule has 4 rings (SSSR count). The van der Waals surface area contributed by atoms with Crippen LogP contribution in [0.2, 0.25) is 0 Å². The van der Waals surface area contributed by atoms with Crippen LogP contribution in [-0.4, -0.2) is 84.4 Å². The van der Waals surface area contributed by atoms with E-state index in [0.29, 0.717) is 31.0 Å². The minimum atomic E-state index is -0.657. The summed E-state index contributed by atoms with van der Waals surface area (Å²) in [4.78, 5) is 47.3. The van der Waals surface area contributed by atoms with Gasteiger partial charge in [-0.25, -0.2) is 9.59 Å². The summed E-state index contributed by atoms with van der Waals surface area (Å²) >= 11 is 0. The van der Waals surface area contributed by atoms with Gasteiger partial charge in [0.1, 0.15) is 11.3 Å². The molecule has 0 aliphatic carbocycles. The van der Waals surface area contributed by atoms with Crippen LogP contribution in [0.5, 0.6) is 0 Å². The van der Waals surface area contributed by atoms with E-state index in [1.165, 1.54) is 5.56 Å². The van der Waals surface area contributed by atoms with E-state index >= 15 is 0 Å². The molecule has 1 aromatic heterocycles. The van der Waals surface area contributed by atoms with Crippen LogP contribution >= 0.6 is 0 Å². The number of hydrogen-bond donors (Lipinski definition) is 3. The Labute approximate surface area is 278 Å². The van der Waals surface area contributed by atoms with Crippen LogP contribution in [0.15, 0.2) is 72.9 Å². The van der Waals surface area contributed by atoms with E-state index in [2.05, 4.69) is 38.0 Å². The molecule has 47 heavy (non-hydrogen) atoms. The molecule has 0 bridgehead atoms. The summed E-state index contributed by atoms with van der Waals surface area (Å²) in [6.07, 6.45) is 4.75. The van der Waals surface area contributed by atoms with Gasteiger partial charge >= 0.3 is 12.1 Å². The number of anilines is 2. The molecule has 3 N–H and O–H groups in total. The van der Waals surface area contributed by atoms with E-state index in [-0.39, 0.29) is 11.7 Å². The molecule has 0 saturated carbocycles. The Kier molecular flexibility index (Phi) is 13.6. The summed E-state index contributed by atoms with van der Waals surface area (Å²) in [7, 11) is 0. The summed E-state index contributed by atoms with van der Waals surface area (Å²) in [5.74, 6) is -0.425. The number of nitrogens with zero attached hydrogens (tertiary/aromatic N) is 3. The zero-order valence-corrected chi connectivity index (χ0v) is 27.8. The number of pyridine rings is 1. The molecule has 4 amide bonds. The van der Waals surface area contributed by atoms with Crippen molar-refractivity contribution >= 4 is 29.4 Å². The zero-order chi connectivity index (χ0) is 33.5. The molecule has 0 unspecified atom stereocenters. The van der Waals surface area contributed by atoms with Crippen LogP contribution in [0, 0.1) is 0 Å². The number of nitrogens with one attached hydrogen (secondary N) is 3. The number of hydrogen-bond acceptors (Lipinski definition) is 7. The lowest BCUT2D eigenvalue weighted by atomic mass is 10.1. The van der Waals surface area contributed by atoms with Crippen molar-refractivity contribution in [3.8, 4) is 0 Å². The minimum absolute atomic E-state index is 0.120. The maximum Gasteiger partial charge on any atom is 0.412 e. The van der Waals surface area contributed by atoms with Gasteiger partial charge < -0.3 is 25.0 Å². The third kappa shape index (κ3) is 12.7. The van der Waals surface area contributed by atoms with Gasteiger partial charge in [-0.3, -0.25) is 20.0 Å². The van der Waals surface area contributed by atoms with Crippen LogP contribution < -0.4 is 16.0 Å². The number of morpholine rings is 1. The van der Waals surface area contributed by atoms with Gasteiger partial charge in [0.05, 0.1) is 24.6 Å². The van der Waals surface area contributed by atoms with Gasteiger partial charge in [0.2, 0.25) is 0 Å². The fourth-order valence-corrected chi connectivity index (χ4v) is 5.14. The van der Waals surface area contributed by atoms with Gasteiger partial charge in [0.15, 0.2) is 0 Å². The Balaban J connectivity index is 1.33. The Morgan fingerprint density at radius 2 is 1.57 bits per heavy atom. The van der Waals surface area contributed by atoms with Crippen molar-refractivity contribution in [2.75, 3.05) is 56.6 Å². The van der Waals surface area contributed by atoms with Crippen molar-refractivity contribution < 1.29 is 23.9 Å². The molecule has 0 spiro atoms. The Bertz CT molecular complexity index is 1420. The number of carbonyl (C=O) groups excluding carboxylic acids is 3. The normalized spacial score (nSPS) is 13.4. The first-order valence-corrected chi connectivity index (χ1v) is 16.4. The maximum absolute atomic E-state index is 13.3. The standard InChI is InChI=1S/C36H48N6O5/c1-36(2,3)47-35(45)40-31-15-9-8-14-30(31)39-33(43)32-17-16-29(26-38-32)27-42(21-11-5-10-20-41-22-24-46-25-23-41)34(44)37-19-18-28-12-6-4-7-13-28/h4,6-9,12-17,26H,5,10-11,18-25,27H2,1-3H3,(H,37,44)(H,39,43)(H,40,45). The summed E-state index contributed by atoms with van der Waals surface area (Å²) in [6, 6.07) is 20.3. The first-order valence-electron chi connectivity index (χ1n) is 16.4. The van der Waals surface area contributed by atoms with E-state index in [1.807, 2.05) is 29.2 Å². The first-order chi connectivity index (χ1) is 22.7. The highest BCUT2D eigenvalue weighted by Crippen LogP contribution is 2.23. The number of unbranched alkanes of at least 4 members (excludes halogenated alkanes) is 2. The summed E-state index contributed by atoms with van der Waals surface area (Å²) in [6.45, 7) is 11.5. The summed E-state index contributed by atoms with van der Waals surface area (Å²) in [5, 5.41) is 8.57. The van der Waals surface area contributed by atoms with Crippen molar-refractivity contribution in [2.24, 2.45) is 0 Å². The quantitative estimate of drug-likeness (QED) is 0.186. The second-order valence-electron chi connectivity index (χ2n) is 12.6. The van der Waals surface area contributed by atoms with Crippen LogP contribution in [0.25, 0.3) is 0 Å². The van der Waals surface area contributed by atoms with Crippen molar-refractivity contribution in [2.45, 2.75) is 58.6 Å². The molecule has 3 aromatic rings. The van der Waals surface area contributed by atoms with Crippen LogP contribution in [0.1, 0.15) is 61.6 Å². The SMILES string of the molecule is CC(C)(C)OC(=O)Nc1ccccc1NC(=O)c1ccc(CN(CCCCCN2CCOCC2)C(=O)NCCc2ccccc2)cn1. The van der Waals surface area contributed by atoms with Gasteiger partial charge in [-0.2, -0.15) is 0 Å². The van der Waals surface area contributed by atoms with E-state index < -0.39 is 17.6 Å². The molecular formula is C36H48N6O5. The van der Waals surface area contributed by atoms with Gasteiger partial charge in [-0.15, -0.1) is 0 Å². The smallest absolute Gasteiger partial charge is 0.412 e. The van der Waals surface area contributed by atoms with Gasteiger partial charge in [0, 0.05) is 38.9 Å². The van der Waals surface area contributed by atoms with Crippen LogP contribution in [-0.2, 0) is 22.4 Å². The molecule has 252 valence electrons. The lowest BCUT2D eigenvalue weighted by molar-refractivity contribution is 0.0370. The average Bonchev–Trinajstić information content (AvgIpc) is 3.05. The number of benzene rings is 2. The molecule has 1 saturated heterocycles. The second kappa shape index (κ2) is 18.0. The first kappa shape index (κ1) is 35.4. The Morgan fingerprint density at radius 1 is 0.872 bits per heavy atom. The monoisotopic (exact) mass is 644 g/mol. The number of ether oxygens (including phenoxy) is 2. The molecule has 1 aliphatic rings. The number of rotatable bonds is 14. The van der Waals surface area contributed by atoms with E-state index in [9.17, 15) is 14.4 Å². The van der Waals surface area contributed by atoms with Crippen molar-refractivity contribution in [1.82, 2.24) is 20.1 Å². The number of aromatic nitrogens is 1. The highest BCUT2D eigenvalue weighted by Gasteiger charge is 2.19. The third-order valence-corrected chi connectivity index (χ3v) is 7.57. The van der Waals surface area contributed by atoms with E-state index in [1.54, 1.807) is 57.3 Å². The average molecular weight is 645 g/mol. The maximum atomic E-state index is 13.3. The number of carbonyl (C=O) groups is 3. The molecule has 1 fully saturated rings. The Hall–Kier alpha value is -4.48. The predicted octanol–water partition coefficient (Wildman–Crippen LogP) is 5.94. The predicted molar refractivity (Wildman–Crippen MR) is 184 cm³/mol. The lowest BCUT2D eigenvalue weighted by Gasteiger charge is -2.27. The van der Waals surface area contributed by atoms with Crippen molar-refractivity contribution in [3.63, 3.8) is 0 Å². The highest BCUT2D eigenvalue weighted by atomic mass is 16.6. The molecule has 1 aliphatic heterocycles. The molecule has 11 nitrogen and oxygen atoms in total. The van der Waals surface area contributed by atoms with Crippen molar-refractivity contribution in [3.05, 3.63) is 89.7 Å². The highest BCUT2D eigenvalue weighted by molar-refractivity contribution is 6.05. The van der Waals surface area contributed by atoms with Crippen LogP contribution in [0.3, 0.4) is 0 Å². The fourth-order valence-electron chi connectivity index (χ4n) is 5.14. The van der Waals surface area contributed by atoms with Gasteiger partial charge in [0.25, 0.3) is 5.91 Å². The van der Waals surface area contributed by atoms with Crippen LogP contribution in [0.4, 0.5) is 21.0 Å².